The van der Waals surface area contributed by atoms with E-state index in [1.165, 1.54) is 5.56 Å². The Morgan fingerprint density at radius 3 is 2.44 bits per heavy atom. The fourth-order valence-corrected chi connectivity index (χ4v) is 2.25. The first kappa shape index (κ1) is 12.9. The van der Waals surface area contributed by atoms with E-state index < -0.39 is 6.10 Å². The number of aliphatic hydroxyl groups is 1. The molecule has 1 amide bonds. The molecule has 0 saturated heterocycles. The minimum atomic E-state index is -1.00. The van der Waals surface area contributed by atoms with Crippen LogP contribution < -0.4 is 10.6 Å². The van der Waals surface area contributed by atoms with Crippen LogP contribution in [-0.2, 0) is 4.79 Å². The van der Waals surface area contributed by atoms with Crippen LogP contribution in [0.25, 0.3) is 0 Å². The lowest BCUT2D eigenvalue weighted by molar-refractivity contribution is -0.124. The Labute approximate surface area is 107 Å². The molecular formula is C14H20N2O2. The molecule has 1 aromatic carbocycles. The summed E-state index contributed by atoms with van der Waals surface area (Å²) in [6, 6.07) is 3.74. The van der Waals surface area contributed by atoms with Gasteiger partial charge in [0, 0.05) is 0 Å². The Morgan fingerprint density at radius 2 is 1.83 bits per heavy atom. The van der Waals surface area contributed by atoms with E-state index in [9.17, 15) is 9.90 Å². The van der Waals surface area contributed by atoms with E-state index in [0.29, 0.717) is 0 Å². The summed E-state index contributed by atoms with van der Waals surface area (Å²) in [7, 11) is 0. The molecule has 2 rings (SSSR count). The van der Waals surface area contributed by atoms with Crippen molar-refractivity contribution in [2.75, 3.05) is 10.6 Å². The number of aryl methyl sites for hydroxylation is 2. The lowest BCUT2D eigenvalue weighted by Crippen LogP contribution is -2.40. The van der Waals surface area contributed by atoms with Crippen molar-refractivity contribution in [2.24, 2.45) is 0 Å². The van der Waals surface area contributed by atoms with Crippen molar-refractivity contribution >= 4 is 17.3 Å². The van der Waals surface area contributed by atoms with Gasteiger partial charge in [-0.05, 0) is 43.5 Å². The van der Waals surface area contributed by atoms with Crippen LogP contribution in [-0.4, -0.2) is 23.2 Å². The molecule has 98 valence electrons. The number of hydrogen-bond donors (Lipinski definition) is 3. The molecule has 0 fully saturated rings. The van der Waals surface area contributed by atoms with Crippen molar-refractivity contribution in [3.05, 3.63) is 23.3 Å². The van der Waals surface area contributed by atoms with Crippen LogP contribution in [0.15, 0.2) is 12.1 Å². The summed E-state index contributed by atoms with van der Waals surface area (Å²) in [4.78, 5) is 11.9. The zero-order chi connectivity index (χ0) is 13.3. The highest BCUT2D eigenvalue weighted by Gasteiger charge is 2.29. The van der Waals surface area contributed by atoms with Crippen LogP contribution in [0, 0.1) is 13.8 Å². The molecule has 4 nitrogen and oxygen atoms in total. The molecule has 18 heavy (non-hydrogen) atoms. The fraction of sp³-hybridized carbons (Fsp3) is 0.500. The first-order valence-electron chi connectivity index (χ1n) is 6.39. The third-order valence-corrected chi connectivity index (χ3v) is 3.48. The number of rotatable bonds is 2. The van der Waals surface area contributed by atoms with Gasteiger partial charge in [-0.25, -0.2) is 0 Å². The van der Waals surface area contributed by atoms with E-state index in [-0.39, 0.29) is 11.9 Å². The molecule has 0 spiro atoms. The molecule has 0 bridgehead atoms. The molecule has 4 heteroatoms. The van der Waals surface area contributed by atoms with Crippen LogP contribution in [0.2, 0.25) is 0 Å². The molecule has 0 radical (unpaired) electrons. The van der Waals surface area contributed by atoms with Crippen LogP contribution in [0.1, 0.15) is 30.9 Å². The van der Waals surface area contributed by atoms with Gasteiger partial charge >= 0.3 is 0 Å². The van der Waals surface area contributed by atoms with Crippen LogP contribution >= 0.6 is 0 Å². The highest BCUT2D eigenvalue weighted by Crippen LogP contribution is 2.30. The normalized spacial score (nSPS) is 22.8. The van der Waals surface area contributed by atoms with Gasteiger partial charge in [-0.3, -0.25) is 4.79 Å². The Morgan fingerprint density at radius 1 is 1.22 bits per heavy atom. The molecule has 0 unspecified atom stereocenters. The van der Waals surface area contributed by atoms with Crippen molar-refractivity contribution in [3.8, 4) is 0 Å². The average molecular weight is 248 g/mol. The maximum Gasteiger partial charge on any atom is 0.255 e. The second-order valence-corrected chi connectivity index (χ2v) is 4.96. The number of carbonyl (C=O) groups is 1. The topological polar surface area (TPSA) is 61.4 Å². The smallest absolute Gasteiger partial charge is 0.255 e. The van der Waals surface area contributed by atoms with Gasteiger partial charge in [0.2, 0.25) is 0 Å². The summed E-state index contributed by atoms with van der Waals surface area (Å²) in [6.45, 7) is 6.08. The summed E-state index contributed by atoms with van der Waals surface area (Å²) < 4.78 is 0. The minimum Gasteiger partial charge on any atom is -0.381 e. The number of aliphatic hydroxyl groups excluding tert-OH is 1. The molecule has 1 heterocycles. The summed E-state index contributed by atoms with van der Waals surface area (Å²) >= 11 is 0. The standard InChI is InChI=1S/C14H20N2O2/c1-4-5-10-13(17)14(18)16-12-7-9(3)8(2)6-11(12)15-10/h6-7,10,13,15,17H,4-5H2,1-3H3,(H,16,18)/t10-,13-/m1/s1. The van der Waals surface area contributed by atoms with E-state index in [0.717, 1.165) is 29.8 Å². The second kappa shape index (κ2) is 4.98. The monoisotopic (exact) mass is 248 g/mol. The number of fused-ring (bicyclic) bond motifs is 1. The molecule has 3 N–H and O–H groups in total. The SMILES string of the molecule is CCC[C@H]1Nc2cc(C)c(C)cc2NC(=O)[C@@H]1O. The number of amides is 1. The Hall–Kier alpha value is -1.55. The average Bonchev–Trinajstić information content (AvgIpc) is 2.42. The lowest BCUT2D eigenvalue weighted by atomic mass is 10.0. The fourth-order valence-electron chi connectivity index (χ4n) is 2.25. The number of nitrogens with one attached hydrogen (secondary N) is 2. The molecular weight excluding hydrogens is 228 g/mol. The van der Waals surface area contributed by atoms with Gasteiger partial charge < -0.3 is 15.7 Å². The van der Waals surface area contributed by atoms with Crippen molar-refractivity contribution in [1.82, 2.24) is 0 Å². The predicted octanol–water partition coefficient (Wildman–Crippen LogP) is 2.20. The highest BCUT2D eigenvalue weighted by molar-refractivity contribution is 5.99. The van der Waals surface area contributed by atoms with Crippen molar-refractivity contribution in [2.45, 2.75) is 45.8 Å². The maximum absolute atomic E-state index is 11.9. The van der Waals surface area contributed by atoms with Gasteiger partial charge in [0.15, 0.2) is 6.10 Å². The first-order chi connectivity index (χ1) is 8.52. The second-order valence-electron chi connectivity index (χ2n) is 4.96. The van der Waals surface area contributed by atoms with Crippen LogP contribution in [0.4, 0.5) is 11.4 Å². The summed E-state index contributed by atoms with van der Waals surface area (Å²) in [6.07, 6.45) is 0.682. The van der Waals surface area contributed by atoms with Crippen molar-refractivity contribution < 1.29 is 9.90 Å². The Kier molecular flexibility index (Phi) is 3.57. The van der Waals surface area contributed by atoms with E-state index in [1.54, 1.807) is 0 Å². The third kappa shape index (κ3) is 2.34. The van der Waals surface area contributed by atoms with E-state index in [1.807, 2.05) is 32.9 Å². The van der Waals surface area contributed by atoms with Crippen molar-refractivity contribution in [1.29, 1.82) is 0 Å². The number of hydrogen-bond acceptors (Lipinski definition) is 3. The van der Waals surface area contributed by atoms with Gasteiger partial charge in [-0.15, -0.1) is 0 Å². The van der Waals surface area contributed by atoms with Crippen LogP contribution in [0.3, 0.4) is 0 Å². The van der Waals surface area contributed by atoms with Gasteiger partial charge in [-0.1, -0.05) is 13.3 Å². The van der Waals surface area contributed by atoms with Gasteiger partial charge in [0.05, 0.1) is 17.4 Å². The molecule has 1 aliphatic heterocycles. The molecule has 0 aliphatic carbocycles. The van der Waals surface area contributed by atoms with Crippen LogP contribution in [0.5, 0.6) is 0 Å². The lowest BCUT2D eigenvalue weighted by Gasteiger charge is -2.20. The first-order valence-corrected chi connectivity index (χ1v) is 6.39. The number of anilines is 2. The maximum atomic E-state index is 11.9. The van der Waals surface area contributed by atoms with Crippen molar-refractivity contribution in [3.63, 3.8) is 0 Å². The van der Waals surface area contributed by atoms with Gasteiger partial charge in [0.25, 0.3) is 5.91 Å². The zero-order valence-electron chi connectivity index (χ0n) is 11.1. The summed E-state index contributed by atoms with van der Waals surface area (Å²) in [5.74, 6) is -0.331. The zero-order valence-corrected chi connectivity index (χ0v) is 11.1. The van der Waals surface area contributed by atoms with Gasteiger partial charge in [-0.2, -0.15) is 0 Å². The number of benzene rings is 1. The predicted molar refractivity (Wildman–Crippen MR) is 72.9 cm³/mol. The Bertz CT molecular complexity index is 471. The summed E-state index contributed by atoms with van der Waals surface area (Å²) in [5, 5.41) is 16.0. The molecule has 0 aromatic heterocycles. The molecule has 0 saturated carbocycles. The quantitative estimate of drug-likeness (QED) is 0.752. The minimum absolute atomic E-state index is 0.224. The highest BCUT2D eigenvalue weighted by atomic mass is 16.3. The largest absolute Gasteiger partial charge is 0.381 e. The Balaban J connectivity index is 2.39. The van der Waals surface area contributed by atoms with E-state index in [4.69, 9.17) is 0 Å². The number of carbonyl (C=O) groups excluding carboxylic acids is 1. The summed E-state index contributed by atoms with van der Waals surface area (Å²) in [5.41, 5.74) is 3.93. The molecule has 1 aliphatic rings. The van der Waals surface area contributed by atoms with Gasteiger partial charge in [0.1, 0.15) is 0 Å². The molecule has 1 aromatic rings. The third-order valence-electron chi connectivity index (χ3n) is 3.48. The van der Waals surface area contributed by atoms with E-state index >= 15 is 0 Å². The molecule has 2 atom stereocenters. The van der Waals surface area contributed by atoms with E-state index in [2.05, 4.69) is 10.6 Å².